The van der Waals surface area contributed by atoms with Gasteiger partial charge in [-0.15, -0.1) is 0 Å². The van der Waals surface area contributed by atoms with Crippen LogP contribution in [0.15, 0.2) is 77.7 Å². The molecule has 0 aliphatic carbocycles. The minimum Gasteiger partial charge on any atom is -0.495 e. The lowest BCUT2D eigenvalue weighted by molar-refractivity contribution is -0.114. The Morgan fingerprint density at radius 3 is 2.25 bits per heavy atom. The van der Waals surface area contributed by atoms with Gasteiger partial charge in [-0.3, -0.25) is 9.10 Å². The molecule has 1 N–H and O–H groups in total. The highest BCUT2D eigenvalue weighted by molar-refractivity contribution is 7.92. The molecule has 7 heteroatoms. The zero-order chi connectivity index (χ0) is 23.3. The molecule has 0 bridgehead atoms. The van der Waals surface area contributed by atoms with E-state index in [4.69, 9.17) is 4.74 Å². The molecule has 1 amide bonds. The lowest BCUT2D eigenvalue weighted by atomic mass is 10.0. The first-order valence-electron chi connectivity index (χ1n) is 10.3. The van der Waals surface area contributed by atoms with Gasteiger partial charge in [-0.25, -0.2) is 8.42 Å². The summed E-state index contributed by atoms with van der Waals surface area (Å²) in [6.07, 6.45) is 0. The summed E-state index contributed by atoms with van der Waals surface area (Å²) in [5, 5.41) is 2.79. The predicted molar refractivity (Wildman–Crippen MR) is 128 cm³/mol. The van der Waals surface area contributed by atoms with Crippen LogP contribution >= 0.6 is 0 Å². The quantitative estimate of drug-likeness (QED) is 0.524. The monoisotopic (exact) mass is 452 g/mol. The number of rotatable bonds is 8. The van der Waals surface area contributed by atoms with Crippen molar-refractivity contribution in [1.82, 2.24) is 0 Å². The van der Waals surface area contributed by atoms with E-state index in [9.17, 15) is 13.2 Å². The van der Waals surface area contributed by atoms with Gasteiger partial charge in [-0.1, -0.05) is 50.2 Å². The molecule has 0 unspecified atom stereocenters. The van der Waals surface area contributed by atoms with E-state index < -0.39 is 15.9 Å². The Balaban J connectivity index is 1.96. The molecule has 3 aromatic carbocycles. The average molecular weight is 453 g/mol. The number of methoxy groups -OCH3 is 1. The molecule has 0 saturated carbocycles. The maximum absolute atomic E-state index is 13.4. The number of hydrogen-bond acceptors (Lipinski definition) is 4. The summed E-state index contributed by atoms with van der Waals surface area (Å²) in [6.45, 7) is 5.65. The molecule has 0 fully saturated rings. The van der Waals surface area contributed by atoms with Gasteiger partial charge in [0.25, 0.3) is 10.0 Å². The van der Waals surface area contributed by atoms with Crippen LogP contribution in [-0.4, -0.2) is 28.0 Å². The average Bonchev–Trinajstić information content (AvgIpc) is 2.78. The molecule has 0 radical (unpaired) electrons. The molecule has 6 nitrogen and oxygen atoms in total. The fraction of sp³-hybridized carbons (Fsp3) is 0.240. The van der Waals surface area contributed by atoms with Gasteiger partial charge < -0.3 is 10.1 Å². The molecular weight excluding hydrogens is 424 g/mol. The third kappa shape index (κ3) is 5.29. The van der Waals surface area contributed by atoms with Gasteiger partial charge in [0.15, 0.2) is 0 Å². The van der Waals surface area contributed by atoms with E-state index >= 15 is 0 Å². The number of sulfonamides is 1. The smallest absolute Gasteiger partial charge is 0.264 e. The molecule has 0 heterocycles. The number of carbonyl (C=O) groups is 1. The van der Waals surface area contributed by atoms with E-state index in [1.165, 1.54) is 19.2 Å². The van der Waals surface area contributed by atoms with Crippen molar-refractivity contribution in [3.05, 3.63) is 83.9 Å². The van der Waals surface area contributed by atoms with Gasteiger partial charge >= 0.3 is 0 Å². The Bertz CT molecular complexity index is 1170. The summed E-state index contributed by atoms with van der Waals surface area (Å²) in [4.78, 5) is 13.1. The fourth-order valence-corrected chi connectivity index (χ4v) is 4.74. The standard InChI is InChI=1S/C25H28N2O4S/c1-18(2)20-11-13-21(14-12-20)27(32(29,30)22-8-6-5-7-9-22)17-25(28)26-23-16-19(3)10-15-24(23)31-4/h5-16,18H,17H2,1-4H3,(H,26,28). The second kappa shape index (κ2) is 9.87. The van der Waals surface area contributed by atoms with Crippen LogP contribution in [0.2, 0.25) is 0 Å². The number of anilines is 2. The summed E-state index contributed by atoms with van der Waals surface area (Å²) in [5.74, 6) is 0.337. The van der Waals surface area contributed by atoms with Gasteiger partial charge in [-0.05, 0) is 60.4 Å². The Morgan fingerprint density at radius 1 is 1.00 bits per heavy atom. The summed E-state index contributed by atoms with van der Waals surface area (Å²) < 4.78 is 33.3. The zero-order valence-corrected chi connectivity index (χ0v) is 19.5. The van der Waals surface area contributed by atoms with Crippen molar-refractivity contribution in [3.63, 3.8) is 0 Å². The highest BCUT2D eigenvalue weighted by atomic mass is 32.2. The Morgan fingerprint density at radius 2 is 1.66 bits per heavy atom. The highest BCUT2D eigenvalue weighted by Crippen LogP contribution is 2.28. The predicted octanol–water partition coefficient (Wildman–Crippen LogP) is 4.96. The largest absolute Gasteiger partial charge is 0.495 e. The van der Waals surface area contributed by atoms with E-state index in [0.29, 0.717) is 23.0 Å². The van der Waals surface area contributed by atoms with Crippen molar-refractivity contribution in [2.75, 3.05) is 23.3 Å². The van der Waals surface area contributed by atoms with Gasteiger partial charge in [0.1, 0.15) is 12.3 Å². The SMILES string of the molecule is COc1ccc(C)cc1NC(=O)CN(c1ccc(C(C)C)cc1)S(=O)(=O)c1ccccc1. The summed E-state index contributed by atoms with van der Waals surface area (Å²) in [6, 6.07) is 20.7. The first-order valence-corrected chi connectivity index (χ1v) is 11.8. The lowest BCUT2D eigenvalue weighted by Gasteiger charge is -2.25. The molecule has 0 aliphatic rings. The lowest BCUT2D eigenvalue weighted by Crippen LogP contribution is -2.38. The van der Waals surface area contributed by atoms with Gasteiger partial charge in [0.2, 0.25) is 5.91 Å². The number of benzene rings is 3. The summed E-state index contributed by atoms with van der Waals surface area (Å²) in [5.41, 5.74) is 2.94. The normalized spacial score (nSPS) is 11.3. The van der Waals surface area contributed by atoms with Crippen LogP contribution in [0.4, 0.5) is 11.4 Å². The molecule has 3 aromatic rings. The van der Waals surface area contributed by atoms with Crippen LogP contribution in [0, 0.1) is 6.92 Å². The second-order valence-electron chi connectivity index (χ2n) is 7.82. The maximum atomic E-state index is 13.4. The molecule has 0 atom stereocenters. The topological polar surface area (TPSA) is 75.7 Å². The second-order valence-corrected chi connectivity index (χ2v) is 9.69. The van der Waals surface area contributed by atoms with Crippen LogP contribution in [0.25, 0.3) is 0 Å². The molecule has 32 heavy (non-hydrogen) atoms. The molecule has 0 saturated heterocycles. The highest BCUT2D eigenvalue weighted by Gasteiger charge is 2.27. The van der Waals surface area contributed by atoms with Gasteiger partial charge in [0, 0.05) is 0 Å². The van der Waals surface area contributed by atoms with E-state index in [0.717, 1.165) is 15.4 Å². The van der Waals surface area contributed by atoms with E-state index in [-0.39, 0.29) is 11.4 Å². The maximum Gasteiger partial charge on any atom is 0.264 e. The van der Waals surface area contributed by atoms with Crippen molar-refractivity contribution in [2.45, 2.75) is 31.6 Å². The van der Waals surface area contributed by atoms with Gasteiger partial charge in [0.05, 0.1) is 23.4 Å². The molecule has 3 rings (SSSR count). The van der Waals surface area contributed by atoms with Crippen molar-refractivity contribution < 1.29 is 17.9 Å². The number of amides is 1. The fourth-order valence-electron chi connectivity index (χ4n) is 3.30. The van der Waals surface area contributed by atoms with Gasteiger partial charge in [-0.2, -0.15) is 0 Å². The molecule has 168 valence electrons. The minimum atomic E-state index is -3.96. The number of aryl methyl sites for hydroxylation is 1. The number of nitrogens with one attached hydrogen (secondary N) is 1. The van der Waals surface area contributed by atoms with Crippen LogP contribution < -0.4 is 14.4 Å². The third-order valence-corrected chi connectivity index (χ3v) is 6.88. The summed E-state index contributed by atoms with van der Waals surface area (Å²) in [7, 11) is -2.44. The van der Waals surface area contributed by atoms with Crippen molar-refractivity contribution in [2.24, 2.45) is 0 Å². The van der Waals surface area contributed by atoms with E-state index in [1.807, 2.05) is 25.1 Å². The Kier molecular flexibility index (Phi) is 7.20. The number of hydrogen-bond donors (Lipinski definition) is 1. The van der Waals surface area contributed by atoms with Crippen LogP contribution in [-0.2, 0) is 14.8 Å². The van der Waals surface area contributed by atoms with Crippen LogP contribution in [0.5, 0.6) is 5.75 Å². The minimum absolute atomic E-state index is 0.119. The molecule has 0 aromatic heterocycles. The van der Waals surface area contributed by atoms with Crippen LogP contribution in [0.3, 0.4) is 0 Å². The van der Waals surface area contributed by atoms with E-state index in [2.05, 4.69) is 19.2 Å². The van der Waals surface area contributed by atoms with Crippen molar-refractivity contribution in [3.8, 4) is 5.75 Å². The Labute approximate surface area is 189 Å². The number of carbonyl (C=O) groups excluding carboxylic acids is 1. The molecular formula is C25H28N2O4S. The van der Waals surface area contributed by atoms with Crippen LogP contribution in [0.1, 0.15) is 30.9 Å². The van der Waals surface area contributed by atoms with Crippen molar-refractivity contribution >= 4 is 27.3 Å². The third-order valence-electron chi connectivity index (χ3n) is 5.10. The first kappa shape index (κ1) is 23.3. The zero-order valence-electron chi connectivity index (χ0n) is 18.7. The summed E-state index contributed by atoms with van der Waals surface area (Å²) >= 11 is 0. The molecule has 0 spiro atoms. The number of ether oxygens (including phenoxy) is 1. The molecule has 0 aliphatic heterocycles. The van der Waals surface area contributed by atoms with E-state index in [1.54, 1.807) is 42.5 Å². The number of nitrogens with zero attached hydrogens (tertiary/aromatic N) is 1. The first-order chi connectivity index (χ1) is 15.2. The Hall–Kier alpha value is -3.32. The van der Waals surface area contributed by atoms with Crippen molar-refractivity contribution in [1.29, 1.82) is 0 Å².